The molecular formula is C23H30N6O2S. The summed E-state index contributed by atoms with van der Waals surface area (Å²) in [6.07, 6.45) is 0. The Morgan fingerprint density at radius 3 is 2.31 bits per heavy atom. The minimum Gasteiger partial charge on any atom is -0.505 e. The normalized spacial score (nSPS) is 17.4. The molecule has 8 nitrogen and oxygen atoms in total. The van der Waals surface area contributed by atoms with Crippen LogP contribution < -0.4 is 10.6 Å². The maximum atomic E-state index is 12.2. The van der Waals surface area contributed by atoms with Crippen molar-refractivity contribution in [3.63, 3.8) is 0 Å². The molecule has 1 heterocycles. The van der Waals surface area contributed by atoms with Crippen LogP contribution in [0.15, 0.2) is 62.3 Å². The highest BCUT2D eigenvalue weighted by atomic mass is 32.2. The van der Waals surface area contributed by atoms with Crippen LogP contribution in [-0.4, -0.2) is 52.9 Å². The molecule has 0 saturated heterocycles. The molecule has 170 valence electrons. The van der Waals surface area contributed by atoms with Gasteiger partial charge in [0.1, 0.15) is 11.6 Å². The number of nitrogens with one attached hydrogen (secondary N) is 2. The van der Waals surface area contributed by atoms with Gasteiger partial charge in [-0.1, -0.05) is 57.2 Å². The van der Waals surface area contributed by atoms with Crippen LogP contribution >= 0.6 is 0 Å². The zero-order valence-corrected chi connectivity index (χ0v) is 20.1. The topological polar surface area (TPSA) is 102 Å². The van der Waals surface area contributed by atoms with Crippen LogP contribution in [0.25, 0.3) is 0 Å². The highest BCUT2D eigenvalue weighted by Crippen LogP contribution is 2.33. The first-order valence-corrected chi connectivity index (χ1v) is 11.3. The number of amidine groups is 3. The van der Waals surface area contributed by atoms with Gasteiger partial charge in [-0.05, 0) is 23.1 Å². The van der Waals surface area contributed by atoms with E-state index in [0.717, 1.165) is 5.56 Å². The lowest BCUT2D eigenvalue weighted by Crippen LogP contribution is -2.41. The summed E-state index contributed by atoms with van der Waals surface area (Å²) in [6.45, 7) is 6.36. The van der Waals surface area contributed by atoms with Gasteiger partial charge in [0.05, 0.1) is 17.3 Å². The quantitative estimate of drug-likeness (QED) is 0.373. The molecule has 0 fully saturated rings. The Morgan fingerprint density at radius 2 is 1.72 bits per heavy atom. The molecule has 1 unspecified atom stereocenters. The molecule has 32 heavy (non-hydrogen) atoms. The lowest BCUT2D eigenvalue weighted by molar-refractivity contribution is 0.303. The Labute approximate surface area is 191 Å². The van der Waals surface area contributed by atoms with Crippen molar-refractivity contribution in [2.24, 2.45) is 19.2 Å². The summed E-state index contributed by atoms with van der Waals surface area (Å²) in [4.78, 5) is 6.08. The third kappa shape index (κ3) is 5.16. The fraction of sp³-hybridized carbons (Fsp3) is 0.348. The first kappa shape index (κ1) is 23.5. The highest BCUT2D eigenvalue weighted by molar-refractivity contribution is 7.83. The fourth-order valence-corrected chi connectivity index (χ4v) is 4.16. The Bertz CT molecular complexity index is 1090. The van der Waals surface area contributed by atoms with Crippen molar-refractivity contribution >= 4 is 34.4 Å². The van der Waals surface area contributed by atoms with Crippen LogP contribution in [0.3, 0.4) is 0 Å². The molecule has 1 aliphatic rings. The van der Waals surface area contributed by atoms with Crippen molar-refractivity contribution in [2.45, 2.75) is 26.8 Å². The number of hydrogen-bond donors (Lipinski definition) is 3. The van der Waals surface area contributed by atoms with Crippen LogP contribution in [0, 0.1) is 5.41 Å². The lowest BCUT2D eigenvalue weighted by atomic mass is 9.82. The van der Waals surface area contributed by atoms with E-state index in [1.165, 1.54) is 0 Å². The van der Waals surface area contributed by atoms with Gasteiger partial charge in [-0.25, -0.2) is 4.21 Å². The third-order valence-corrected chi connectivity index (χ3v) is 5.69. The van der Waals surface area contributed by atoms with E-state index >= 15 is 0 Å². The maximum absolute atomic E-state index is 12.2. The number of nitrogens with zero attached hydrogens (tertiary/aromatic N) is 4. The number of hydrogen-bond acceptors (Lipinski definition) is 5. The Hall–Kier alpha value is -3.20. The average molecular weight is 455 g/mol. The van der Waals surface area contributed by atoms with Gasteiger partial charge in [-0.2, -0.15) is 0 Å². The number of para-hydroxylation sites is 1. The summed E-state index contributed by atoms with van der Waals surface area (Å²) in [6, 6.07) is 15.2. The zero-order valence-electron chi connectivity index (χ0n) is 19.2. The van der Waals surface area contributed by atoms with Crippen molar-refractivity contribution in [2.75, 3.05) is 26.5 Å². The van der Waals surface area contributed by atoms with E-state index in [2.05, 4.69) is 45.2 Å². The molecule has 0 radical (unpaired) electrons. The lowest BCUT2D eigenvalue weighted by Gasteiger charge is -2.32. The van der Waals surface area contributed by atoms with Gasteiger partial charge >= 0.3 is 0 Å². The maximum Gasteiger partial charge on any atom is 0.269 e. The molecule has 0 amide bonds. The largest absolute Gasteiger partial charge is 0.505 e. The minimum absolute atomic E-state index is 0.0250. The summed E-state index contributed by atoms with van der Waals surface area (Å²) in [5.74, 6) is 1.35. The molecule has 0 aromatic heterocycles. The number of benzene rings is 2. The standard InChI is InChI=1S/C23H30N6O2S/c1-23(2,3)19(15-11-8-7-9-12-15)26-21-20(27-32(31)28-21)25-17-14-10-13-16(18(17)30)22(24-4)29(5)6/h7-14,19,30H,1-6H3,(H,25,27)(H,26,28)/t19-,32?/m0/s1. The molecule has 2 atom stereocenters. The predicted molar refractivity (Wildman–Crippen MR) is 133 cm³/mol. The molecule has 2 aromatic carbocycles. The Balaban J connectivity index is 1.91. The van der Waals surface area contributed by atoms with Crippen molar-refractivity contribution in [1.82, 2.24) is 10.2 Å². The molecule has 3 N–H and O–H groups in total. The summed E-state index contributed by atoms with van der Waals surface area (Å²) in [5, 5.41) is 17.4. The molecular weight excluding hydrogens is 424 g/mol. The van der Waals surface area contributed by atoms with Crippen LogP contribution in [0.5, 0.6) is 5.75 Å². The van der Waals surface area contributed by atoms with Crippen LogP contribution in [0.1, 0.15) is 37.9 Å². The zero-order chi connectivity index (χ0) is 23.5. The number of phenols is 1. The van der Waals surface area contributed by atoms with Gasteiger partial charge in [-0.3, -0.25) is 4.99 Å². The second kappa shape index (κ2) is 9.52. The number of rotatable bonds is 4. The molecule has 3 rings (SSSR count). The van der Waals surface area contributed by atoms with Gasteiger partial charge < -0.3 is 20.6 Å². The number of aliphatic imine (C=N–C) groups is 1. The van der Waals surface area contributed by atoms with E-state index < -0.39 is 11.2 Å². The molecule has 0 aliphatic carbocycles. The molecule has 1 aliphatic heterocycles. The monoisotopic (exact) mass is 454 g/mol. The first-order chi connectivity index (χ1) is 15.1. The summed E-state index contributed by atoms with van der Waals surface area (Å²) in [5.41, 5.74) is 1.92. The SMILES string of the molecule is CN=C(c1cccc(NC2=NS(=O)N=C2N[C@@H](c2ccccc2)C(C)(C)C)c1O)N(C)C. The summed E-state index contributed by atoms with van der Waals surface area (Å²) >= 11 is -1.75. The fourth-order valence-electron chi connectivity index (χ4n) is 3.54. The van der Waals surface area contributed by atoms with Gasteiger partial charge in [0.25, 0.3) is 11.2 Å². The van der Waals surface area contributed by atoms with Gasteiger partial charge in [-0.15, -0.1) is 8.80 Å². The number of aromatic hydroxyl groups is 1. The van der Waals surface area contributed by atoms with E-state index in [1.807, 2.05) is 55.4 Å². The predicted octanol–water partition coefficient (Wildman–Crippen LogP) is 3.51. The molecule has 2 aromatic rings. The Morgan fingerprint density at radius 1 is 1.06 bits per heavy atom. The first-order valence-electron chi connectivity index (χ1n) is 10.3. The molecule has 0 spiro atoms. The molecule has 0 saturated carbocycles. The van der Waals surface area contributed by atoms with Crippen LogP contribution in [0.2, 0.25) is 0 Å². The van der Waals surface area contributed by atoms with E-state index in [-0.39, 0.29) is 17.2 Å². The smallest absolute Gasteiger partial charge is 0.269 e. The van der Waals surface area contributed by atoms with Crippen LogP contribution in [-0.2, 0) is 11.2 Å². The van der Waals surface area contributed by atoms with E-state index in [0.29, 0.717) is 28.8 Å². The van der Waals surface area contributed by atoms with Crippen LogP contribution in [0.4, 0.5) is 5.69 Å². The second-order valence-electron chi connectivity index (χ2n) is 8.73. The van der Waals surface area contributed by atoms with Gasteiger partial charge in [0, 0.05) is 21.1 Å². The number of anilines is 1. The average Bonchev–Trinajstić information content (AvgIpc) is 3.07. The Kier molecular flexibility index (Phi) is 6.98. The van der Waals surface area contributed by atoms with Gasteiger partial charge in [0.2, 0.25) is 0 Å². The van der Waals surface area contributed by atoms with Gasteiger partial charge in [0.15, 0.2) is 11.7 Å². The minimum atomic E-state index is -1.75. The summed E-state index contributed by atoms with van der Waals surface area (Å²) in [7, 11) is 5.39. The van der Waals surface area contributed by atoms with Crippen molar-refractivity contribution in [3.8, 4) is 5.75 Å². The molecule has 0 bridgehead atoms. The molecule has 9 heteroatoms. The van der Waals surface area contributed by atoms with E-state index in [9.17, 15) is 9.32 Å². The van der Waals surface area contributed by atoms with Crippen molar-refractivity contribution < 1.29 is 9.32 Å². The third-order valence-electron chi connectivity index (χ3n) is 5.01. The highest BCUT2D eigenvalue weighted by Gasteiger charge is 2.31. The van der Waals surface area contributed by atoms with Crippen molar-refractivity contribution in [3.05, 3.63) is 59.7 Å². The van der Waals surface area contributed by atoms with E-state index in [1.54, 1.807) is 19.2 Å². The number of phenolic OH excluding ortho intramolecular Hbond substituents is 1. The van der Waals surface area contributed by atoms with Crippen molar-refractivity contribution in [1.29, 1.82) is 0 Å². The summed E-state index contributed by atoms with van der Waals surface area (Å²) < 4.78 is 20.5. The second-order valence-corrected chi connectivity index (χ2v) is 9.56. The van der Waals surface area contributed by atoms with E-state index in [4.69, 9.17) is 0 Å².